The average molecular weight is 256 g/mol. The number of aromatic nitrogens is 1. The number of rotatable bonds is 1. The van der Waals surface area contributed by atoms with E-state index >= 15 is 0 Å². The van der Waals surface area contributed by atoms with E-state index in [4.69, 9.17) is 0 Å². The number of hydrogen-bond donors (Lipinski definition) is 2. The molecule has 0 aromatic carbocycles. The lowest BCUT2D eigenvalue weighted by Crippen LogP contribution is -2.18. The van der Waals surface area contributed by atoms with Gasteiger partial charge in [0.1, 0.15) is 5.82 Å². The van der Waals surface area contributed by atoms with Gasteiger partial charge < -0.3 is 10.6 Å². The molecule has 1 aromatic heterocycles. The van der Waals surface area contributed by atoms with Crippen molar-refractivity contribution in [2.24, 2.45) is 0 Å². The Morgan fingerprint density at radius 1 is 1.64 bits per heavy atom. The molecule has 3 nitrogen and oxygen atoms in total. The maximum Gasteiger partial charge on any atom is 0.149 e. The topological polar surface area (TPSA) is 37.0 Å². The molecule has 0 saturated carbocycles. The first kappa shape index (κ1) is 9.77. The van der Waals surface area contributed by atoms with Crippen LogP contribution in [0.1, 0.15) is 19.8 Å². The number of anilines is 2. The molecule has 1 aliphatic heterocycles. The number of pyridine rings is 1. The van der Waals surface area contributed by atoms with Crippen molar-refractivity contribution < 1.29 is 0 Å². The second-order valence-electron chi connectivity index (χ2n) is 3.51. The van der Waals surface area contributed by atoms with Crippen molar-refractivity contribution in [3.05, 3.63) is 16.7 Å². The SMILES string of the molecule is CCC1CCNc2cc(Br)cnc2N1. The smallest absolute Gasteiger partial charge is 0.149 e. The summed E-state index contributed by atoms with van der Waals surface area (Å²) < 4.78 is 1.01. The van der Waals surface area contributed by atoms with Gasteiger partial charge in [-0.1, -0.05) is 6.92 Å². The first-order valence-electron chi connectivity index (χ1n) is 4.95. The summed E-state index contributed by atoms with van der Waals surface area (Å²) in [7, 11) is 0. The van der Waals surface area contributed by atoms with Crippen LogP contribution in [0.3, 0.4) is 0 Å². The van der Waals surface area contributed by atoms with Crippen molar-refractivity contribution in [1.29, 1.82) is 0 Å². The number of nitrogens with one attached hydrogen (secondary N) is 2. The molecule has 0 amide bonds. The second kappa shape index (κ2) is 4.17. The molecular weight excluding hydrogens is 242 g/mol. The third-order valence-corrected chi connectivity index (χ3v) is 2.93. The zero-order chi connectivity index (χ0) is 9.97. The van der Waals surface area contributed by atoms with E-state index in [0.29, 0.717) is 6.04 Å². The lowest BCUT2D eigenvalue weighted by Gasteiger charge is -2.13. The van der Waals surface area contributed by atoms with Gasteiger partial charge in [-0.3, -0.25) is 0 Å². The van der Waals surface area contributed by atoms with Crippen molar-refractivity contribution in [2.75, 3.05) is 17.2 Å². The Hall–Kier alpha value is -0.770. The van der Waals surface area contributed by atoms with E-state index in [1.54, 1.807) is 0 Å². The van der Waals surface area contributed by atoms with Crippen LogP contribution in [-0.4, -0.2) is 17.6 Å². The minimum atomic E-state index is 0.539. The molecule has 1 aromatic rings. The molecular formula is C10H14BrN3. The summed E-state index contributed by atoms with van der Waals surface area (Å²) in [4.78, 5) is 4.36. The predicted molar refractivity (Wildman–Crippen MR) is 62.7 cm³/mol. The Morgan fingerprint density at radius 2 is 2.50 bits per heavy atom. The molecule has 0 fully saturated rings. The third kappa shape index (κ3) is 2.00. The maximum absolute atomic E-state index is 4.36. The van der Waals surface area contributed by atoms with E-state index in [0.717, 1.165) is 35.4 Å². The first-order valence-corrected chi connectivity index (χ1v) is 5.75. The van der Waals surface area contributed by atoms with E-state index < -0.39 is 0 Å². The molecule has 1 unspecified atom stereocenters. The highest BCUT2D eigenvalue weighted by molar-refractivity contribution is 9.10. The zero-order valence-electron chi connectivity index (χ0n) is 8.18. The van der Waals surface area contributed by atoms with Crippen molar-refractivity contribution in [2.45, 2.75) is 25.8 Å². The van der Waals surface area contributed by atoms with E-state index in [1.807, 2.05) is 6.20 Å². The summed E-state index contributed by atoms with van der Waals surface area (Å²) in [5.74, 6) is 0.970. The fourth-order valence-electron chi connectivity index (χ4n) is 1.64. The summed E-state index contributed by atoms with van der Waals surface area (Å²) >= 11 is 3.42. The van der Waals surface area contributed by atoms with Gasteiger partial charge in [-0.2, -0.15) is 0 Å². The van der Waals surface area contributed by atoms with E-state index in [1.165, 1.54) is 0 Å². The van der Waals surface area contributed by atoms with Crippen molar-refractivity contribution >= 4 is 27.4 Å². The molecule has 14 heavy (non-hydrogen) atoms. The molecule has 2 rings (SSSR count). The summed E-state index contributed by atoms with van der Waals surface area (Å²) in [6.07, 6.45) is 4.11. The van der Waals surface area contributed by atoms with E-state index in [2.05, 4.69) is 44.5 Å². The minimum absolute atomic E-state index is 0.539. The van der Waals surface area contributed by atoms with Crippen LogP contribution in [0.25, 0.3) is 0 Å². The third-order valence-electron chi connectivity index (χ3n) is 2.50. The molecule has 2 heterocycles. The monoisotopic (exact) mass is 255 g/mol. The van der Waals surface area contributed by atoms with Gasteiger partial charge in [0.05, 0.1) is 5.69 Å². The molecule has 2 N–H and O–H groups in total. The van der Waals surface area contributed by atoms with Crippen LogP contribution in [0.2, 0.25) is 0 Å². The van der Waals surface area contributed by atoms with Gasteiger partial charge >= 0.3 is 0 Å². The van der Waals surface area contributed by atoms with Gasteiger partial charge in [0, 0.05) is 23.3 Å². The van der Waals surface area contributed by atoms with E-state index in [9.17, 15) is 0 Å². The highest BCUT2D eigenvalue weighted by Gasteiger charge is 2.14. The summed E-state index contributed by atoms with van der Waals surface area (Å²) in [6.45, 7) is 3.21. The van der Waals surface area contributed by atoms with Crippen LogP contribution in [0.15, 0.2) is 16.7 Å². The van der Waals surface area contributed by atoms with Crippen molar-refractivity contribution in [1.82, 2.24) is 4.98 Å². The standard InChI is InChI=1S/C10H14BrN3/c1-2-8-3-4-12-9-5-7(11)6-13-10(9)14-8/h5-6,8,12H,2-4H2,1H3,(H,13,14). The number of hydrogen-bond acceptors (Lipinski definition) is 3. The lowest BCUT2D eigenvalue weighted by molar-refractivity contribution is 0.659. The normalized spacial score (nSPS) is 20.3. The van der Waals surface area contributed by atoms with Crippen LogP contribution < -0.4 is 10.6 Å². The average Bonchev–Trinajstić information content (AvgIpc) is 2.38. The fraction of sp³-hybridized carbons (Fsp3) is 0.500. The summed E-state index contributed by atoms with van der Waals surface area (Å²) in [5.41, 5.74) is 1.09. The van der Waals surface area contributed by atoms with Crippen molar-refractivity contribution in [3.63, 3.8) is 0 Å². The fourth-order valence-corrected chi connectivity index (χ4v) is 1.97. The lowest BCUT2D eigenvalue weighted by atomic mass is 10.1. The van der Waals surface area contributed by atoms with Crippen LogP contribution in [-0.2, 0) is 0 Å². The Kier molecular flexibility index (Phi) is 2.91. The highest BCUT2D eigenvalue weighted by Crippen LogP contribution is 2.26. The Labute approximate surface area is 92.4 Å². The van der Waals surface area contributed by atoms with Crippen LogP contribution in [0.4, 0.5) is 11.5 Å². The minimum Gasteiger partial charge on any atom is -0.382 e. The molecule has 0 bridgehead atoms. The molecule has 76 valence electrons. The Morgan fingerprint density at radius 3 is 3.29 bits per heavy atom. The second-order valence-corrected chi connectivity index (χ2v) is 4.43. The van der Waals surface area contributed by atoms with E-state index in [-0.39, 0.29) is 0 Å². The zero-order valence-corrected chi connectivity index (χ0v) is 9.76. The molecule has 4 heteroatoms. The van der Waals surface area contributed by atoms with Gasteiger partial charge in [-0.15, -0.1) is 0 Å². The Bertz CT molecular complexity index is 327. The number of nitrogens with zero attached hydrogens (tertiary/aromatic N) is 1. The van der Waals surface area contributed by atoms with Crippen molar-refractivity contribution in [3.8, 4) is 0 Å². The quantitative estimate of drug-likeness (QED) is 0.811. The maximum atomic E-state index is 4.36. The van der Waals surface area contributed by atoms with Gasteiger partial charge in [-0.25, -0.2) is 4.98 Å². The van der Waals surface area contributed by atoms with Gasteiger partial charge in [0.2, 0.25) is 0 Å². The van der Waals surface area contributed by atoms with Gasteiger partial charge in [0.15, 0.2) is 0 Å². The molecule has 1 aliphatic rings. The van der Waals surface area contributed by atoms with Crippen LogP contribution in [0.5, 0.6) is 0 Å². The Balaban J connectivity index is 2.27. The van der Waals surface area contributed by atoms with Crippen LogP contribution >= 0.6 is 15.9 Å². The highest BCUT2D eigenvalue weighted by atomic mass is 79.9. The largest absolute Gasteiger partial charge is 0.382 e. The predicted octanol–water partition coefficient (Wildman–Crippen LogP) is 2.85. The molecule has 1 atom stereocenters. The molecule has 0 saturated heterocycles. The van der Waals surface area contributed by atoms with Crippen LogP contribution in [0, 0.1) is 0 Å². The first-order chi connectivity index (χ1) is 6.79. The van der Waals surface area contributed by atoms with Gasteiger partial charge in [0.25, 0.3) is 0 Å². The molecule has 0 radical (unpaired) electrons. The van der Waals surface area contributed by atoms with Gasteiger partial charge in [-0.05, 0) is 34.8 Å². The number of fused-ring (bicyclic) bond motifs is 1. The molecule has 0 aliphatic carbocycles. The number of halogens is 1. The summed E-state index contributed by atoms with van der Waals surface area (Å²) in [6, 6.07) is 2.60. The summed E-state index contributed by atoms with van der Waals surface area (Å²) in [5, 5.41) is 6.82. The molecule has 0 spiro atoms.